The van der Waals surface area contributed by atoms with E-state index in [4.69, 9.17) is 20.9 Å². The van der Waals surface area contributed by atoms with Gasteiger partial charge in [0, 0.05) is 6.54 Å². The molecular weight excluding hydrogens is 234 g/mol. The third-order valence-corrected chi connectivity index (χ3v) is 3.03. The van der Waals surface area contributed by atoms with Crippen LogP contribution in [0.1, 0.15) is 0 Å². The highest BCUT2D eigenvalue weighted by Crippen LogP contribution is 2.33. The second kappa shape index (κ2) is 5.14. The summed E-state index contributed by atoms with van der Waals surface area (Å²) in [4.78, 5) is 13.3. The zero-order valence-corrected chi connectivity index (χ0v) is 10.3. The highest BCUT2D eigenvalue weighted by molar-refractivity contribution is 5.86. The molecule has 0 spiro atoms. The molecule has 1 aromatic rings. The van der Waals surface area contributed by atoms with Crippen LogP contribution < -0.4 is 21.1 Å². The fourth-order valence-corrected chi connectivity index (χ4v) is 2.09. The average Bonchev–Trinajstić information content (AvgIpc) is 2.39. The maximum Gasteiger partial charge on any atom is 0.242 e. The number of nitrogen functional groups attached to an aromatic ring is 1. The minimum absolute atomic E-state index is 0.284. The van der Waals surface area contributed by atoms with Crippen LogP contribution in [-0.4, -0.2) is 38.8 Å². The standard InChI is InChI=1S/C12H17N3O3/c1-17-10-4-2-3-8(11(10)13)15-5-6-18-7-9(15)12(14)16/h2-4,9H,5-7,13H2,1H3,(H2,14,16). The van der Waals surface area contributed by atoms with Crippen molar-refractivity contribution in [2.24, 2.45) is 5.73 Å². The predicted molar refractivity (Wildman–Crippen MR) is 68.6 cm³/mol. The summed E-state index contributed by atoms with van der Waals surface area (Å²) in [7, 11) is 1.56. The molecule has 18 heavy (non-hydrogen) atoms. The highest BCUT2D eigenvalue weighted by atomic mass is 16.5. The summed E-state index contributed by atoms with van der Waals surface area (Å²) in [5, 5.41) is 0. The van der Waals surface area contributed by atoms with Gasteiger partial charge in [-0.1, -0.05) is 6.07 Å². The first-order chi connectivity index (χ1) is 8.65. The number of carbonyl (C=O) groups is 1. The van der Waals surface area contributed by atoms with E-state index in [0.29, 0.717) is 24.6 Å². The molecule has 2 rings (SSSR count). The third kappa shape index (κ3) is 2.19. The van der Waals surface area contributed by atoms with Gasteiger partial charge in [-0.15, -0.1) is 0 Å². The van der Waals surface area contributed by atoms with Crippen LogP contribution in [0.3, 0.4) is 0 Å². The second-order valence-corrected chi connectivity index (χ2v) is 4.08. The number of hydrogen-bond donors (Lipinski definition) is 2. The lowest BCUT2D eigenvalue weighted by molar-refractivity contribution is -0.121. The molecule has 98 valence electrons. The van der Waals surface area contributed by atoms with Gasteiger partial charge in [-0.3, -0.25) is 4.79 Å². The smallest absolute Gasteiger partial charge is 0.242 e. The van der Waals surface area contributed by atoms with Crippen molar-refractivity contribution >= 4 is 17.3 Å². The van der Waals surface area contributed by atoms with E-state index in [2.05, 4.69) is 0 Å². The van der Waals surface area contributed by atoms with Crippen LogP contribution in [0.25, 0.3) is 0 Å². The lowest BCUT2D eigenvalue weighted by Gasteiger charge is -2.36. The molecule has 0 aliphatic carbocycles. The van der Waals surface area contributed by atoms with E-state index in [1.807, 2.05) is 17.0 Å². The molecule has 1 fully saturated rings. The Hall–Kier alpha value is -1.95. The molecular formula is C12H17N3O3. The first-order valence-electron chi connectivity index (χ1n) is 5.71. The van der Waals surface area contributed by atoms with E-state index >= 15 is 0 Å². The number of methoxy groups -OCH3 is 1. The van der Waals surface area contributed by atoms with Crippen molar-refractivity contribution in [2.75, 3.05) is 37.5 Å². The molecule has 0 aromatic heterocycles. The molecule has 1 aromatic carbocycles. The zero-order chi connectivity index (χ0) is 13.1. The number of rotatable bonds is 3. The lowest BCUT2D eigenvalue weighted by atomic mass is 10.1. The van der Waals surface area contributed by atoms with Crippen LogP contribution in [0.2, 0.25) is 0 Å². The number of benzene rings is 1. The number of nitrogens with zero attached hydrogens (tertiary/aromatic N) is 1. The minimum Gasteiger partial charge on any atom is -0.495 e. The summed E-state index contributed by atoms with van der Waals surface area (Å²) < 4.78 is 10.5. The van der Waals surface area contributed by atoms with Gasteiger partial charge in [-0.05, 0) is 12.1 Å². The Morgan fingerprint density at radius 2 is 2.33 bits per heavy atom. The number of primary amides is 1. The molecule has 0 radical (unpaired) electrons. The van der Waals surface area contributed by atoms with Crippen LogP contribution in [-0.2, 0) is 9.53 Å². The van der Waals surface area contributed by atoms with E-state index in [1.165, 1.54) is 0 Å². The number of para-hydroxylation sites is 1. The van der Waals surface area contributed by atoms with Gasteiger partial charge in [0.15, 0.2) is 0 Å². The number of hydrogen-bond acceptors (Lipinski definition) is 5. The van der Waals surface area contributed by atoms with Gasteiger partial charge < -0.3 is 25.8 Å². The number of amides is 1. The van der Waals surface area contributed by atoms with Crippen molar-refractivity contribution in [3.63, 3.8) is 0 Å². The summed E-state index contributed by atoms with van der Waals surface area (Å²) in [5.41, 5.74) is 12.7. The van der Waals surface area contributed by atoms with E-state index in [1.54, 1.807) is 13.2 Å². The maximum atomic E-state index is 11.4. The van der Waals surface area contributed by atoms with Gasteiger partial charge in [0.25, 0.3) is 0 Å². The molecule has 6 nitrogen and oxygen atoms in total. The van der Waals surface area contributed by atoms with Crippen LogP contribution in [0.5, 0.6) is 5.75 Å². The topological polar surface area (TPSA) is 90.8 Å². The summed E-state index contributed by atoms with van der Waals surface area (Å²) in [5.74, 6) is 0.166. The van der Waals surface area contributed by atoms with Crippen molar-refractivity contribution in [3.05, 3.63) is 18.2 Å². The largest absolute Gasteiger partial charge is 0.495 e. The summed E-state index contributed by atoms with van der Waals surface area (Å²) in [6, 6.07) is 4.96. The molecule has 6 heteroatoms. The fraction of sp³-hybridized carbons (Fsp3) is 0.417. The Labute approximate surface area is 105 Å². The van der Waals surface area contributed by atoms with Crippen molar-refractivity contribution in [3.8, 4) is 5.75 Å². The van der Waals surface area contributed by atoms with Gasteiger partial charge in [-0.25, -0.2) is 0 Å². The highest BCUT2D eigenvalue weighted by Gasteiger charge is 2.29. The van der Waals surface area contributed by atoms with Gasteiger partial charge in [0.2, 0.25) is 5.91 Å². The second-order valence-electron chi connectivity index (χ2n) is 4.08. The normalized spacial score (nSPS) is 19.6. The monoisotopic (exact) mass is 251 g/mol. The Morgan fingerprint density at radius 3 is 3.00 bits per heavy atom. The van der Waals surface area contributed by atoms with Gasteiger partial charge >= 0.3 is 0 Å². The molecule has 1 aliphatic rings. The number of anilines is 2. The zero-order valence-electron chi connectivity index (χ0n) is 10.3. The minimum atomic E-state index is -0.492. The fourth-order valence-electron chi connectivity index (χ4n) is 2.09. The Morgan fingerprint density at radius 1 is 1.56 bits per heavy atom. The first-order valence-corrected chi connectivity index (χ1v) is 5.71. The quantitative estimate of drug-likeness (QED) is 0.736. The molecule has 1 aliphatic heterocycles. The summed E-state index contributed by atoms with van der Waals surface area (Å²) >= 11 is 0. The lowest BCUT2D eigenvalue weighted by Crippen LogP contribution is -2.52. The molecule has 4 N–H and O–H groups in total. The Bertz CT molecular complexity index is 450. The average molecular weight is 251 g/mol. The number of carbonyl (C=O) groups excluding carboxylic acids is 1. The van der Waals surface area contributed by atoms with Gasteiger partial charge in [0.1, 0.15) is 11.8 Å². The number of nitrogens with two attached hydrogens (primary N) is 2. The van der Waals surface area contributed by atoms with Crippen LogP contribution in [0, 0.1) is 0 Å². The van der Waals surface area contributed by atoms with Crippen molar-refractivity contribution < 1.29 is 14.3 Å². The molecule has 0 saturated carbocycles. The molecule has 1 heterocycles. The first kappa shape index (κ1) is 12.5. The molecule has 1 atom stereocenters. The number of morpholine rings is 1. The van der Waals surface area contributed by atoms with E-state index in [0.717, 1.165) is 5.69 Å². The van der Waals surface area contributed by atoms with Crippen molar-refractivity contribution in [1.29, 1.82) is 0 Å². The van der Waals surface area contributed by atoms with Crippen LogP contribution in [0.4, 0.5) is 11.4 Å². The molecule has 0 bridgehead atoms. The van der Waals surface area contributed by atoms with Crippen molar-refractivity contribution in [2.45, 2.75) is 6.04 Å². The number of ether oxygens (including phenoxy) is 2. The molecule has 1 amide bonds. The Balaban J connectivity index is 2.36. The summed E-state index contributed by atoms with van der Waals surface area (Å²) in [6.45, 7) is 1.40. The maximum absolute atomic E-state index is 11.4. The molecule has 1 saturated heterocycles. The van der Waals surface area contributed by atoms with E-state index in [9.17, 15) is 4.79 Å². The van der Waals surface area contributed by atoms with E-state index < -0.39 is 11.9 Å². The molecule has 1 unspecified atom stereocenters. The predicted octanol–water partition coefficient (Wildman–Crippen LogP) is -0.0321. The van der Waals surface area contributed by atoms with Crippen molar-refractivity contribution in [1.82, 2.24) is 0 Å². The third-order valence-electron chi connectivity index (χ3n) is 3.03. The van der Waals surface area contributed by atoms with E-state index in [-0.39, 0.29) is 6.61 Å². The SMILES string of the molecule is COc1cccc(N2CCOCC2C(N)=O)c1N. The van der Waals surface area contributed by atoms with Gasteiger partial charge in [-0.2, -0.15) is 0 Å². The summed E-state index contributed by atoms with van der Waals surface area (Å²) in [6.07, 6.45) is 0. The van der Waals surface area contributed by atoms with Crippen LogP contribution in [0.15, 0.2) is 18.2 Å². The van der Waals surface area contributed by atoms with Gasteiger partial charge in [0.05, 0.1) is 31.7 Å². The van der Waals surface area contributed by atoms with Crippen LogP contribution >= 0.6 is 0 Å². The Kier molecular flexibility index (Phi) is 3.57.